The van der Waals surface area contributed by atoms with E-state index >= 15 is 0 Å². The molecule has 0 bridgehead atoms. The standard InChI is InChI=1S/C15H23N3O3S/c1-10-12(7-8-19)14(21)18-15(16-10)22-9-13(20)17-11-5-3-2-4-6-11/h11-12,19H,2-9H2,1H3,(H,17,20). The molecular formula is C15H23N3O3S. The molecule has 0 radical (unpaired) electrons. The van der Waals surface area contributed by atoms with Gasteiger partial charge in [0.25, 0.3) is 5.91 Å². The van der Waals surface area contributed by atoms with Crippen LogP contribution in [0.1, 0.15) is 45.4 Å². The van der Waals surface area contributed by atoms with Crippen LogP contribution in [-0.4, -0.2) is 46.2 Å². The molecule has 1 fully saturated rings. The van der Waals surface area contributed by atoms with Crippen molar-refractivity contribution in [3.8, 4) is 0 Å². The van der Waals surface area contributed by atoms with Gasteiger partial charge in [-0.3, -0.25) is 9.59 Å². The lowest BCUT2D eigenvalue weighted by Crippen LogP contribution is -2.37. The van der Waals surface area contributed by atoms with Crippen LogP contribution < -0.4 is 5.32 Å². The lowest BCUT2D eigenvalue weighted by atomic mass is 9.95. The number of hydrogen-bond donors (Lipinski definition) is 2. The summed E-state index contributed by atoms with van der Waals surface area (Å²) in [6.45, 7) is 1.70. The summed E-state index contributed by atoms with van der Waals surface area (Å²) < 4.78 is 0. The van der Waals surface area contributed by atoms with Gasteiger partial charge >= 0.3 is 0 Å². The first kappa shape index (κ1) is 17.1. The second-order valence-corrected chi connectivity index (χ2v) is 6.68. The molecular weight excluding hydrogens is 302 g/mol. The normalized spacial score (nSPS) is 23.0. The fourth-order valence-corrected chi connectivity index (χ4v) is 3.48. The molecule has 1 aliphatic carbocycles. The van der Waals surface area contributed by atoms with Gasteiger partial charge in [-0.05, 0) is 26.2 Å². The average molecular weight is 325 g/mol. The number of hydrogen-bond acceptors (Lipinski definition) is 5. The van der Waals surface area contributed by atoms with E-state index in [1.807, 2.05) is 0 Å². The maximum absolute atomic E-state index is 11.9. The highest BCUT2D eigenvalue weighted by molar-refractivity contribution is 8.14. The SMILES string of the molecule is CC1=NC(SCC(=O)NC2CCCCC2)=NC(=O)C1CCO. The van der Waals surface area contributed by atoms with E-state index in [9.17, 15) is 9.59 Å². The minimum atomic E-state index is -0.426. The number of aliphatic imine (C=N–C) groups is 2. The molecule has 1 saturated carbocycles. The molecule has 2 rings (SSSR count). The quantitative estimate of drug-likeness (QED) is 0.802. The fourth-order valence-electron chi connectivity index (χ4n) is 2.78. The molecule has 2 N–H and O–H groups in total. The van der Waals surface area contributed by atoms with Gasteiger partial charge in [-0.2, -0.15) is 4.99 Å². The zero-order valence-corrected chi connectivity index (χ0v) is 13.7. The number of amides is 2. The Morgan fingerprint density at radius 3 is 2.68 bits per heavy atom. The minimum Gasteiger partial charge on any atom is -0.396 e. The zero-order valence-electron chi connectivity index (χ0n) is 12.9. The molecule has 1 atom stereocenters. The van der Waals surface area contributed by atoms with E-state index in [1.54, 1.807) is 6.92 Å². The van der Waals surface area contributed by atoms with Crippen molar-refractivity contribution in [2.45, 2.75) is 51.5 Å². The molecule has 0 aromatic heterocycles. The maximum atomic E-state index is 11.9. The lowest BCUT2D eigenvalue weighted by molar-refractivity contribution is -0.120. The van der Waals surface area contributed by atoms with Gasteiger partial charge in [-0.15, -0.1) is 0 Å². The number of nitrogens with one attached hydrogen (secondary N) is 1. The Hall–Kier alpha value is -1.21. The Bertz CT molecular complexity index is 484. The van der Waals surface area contributed by atoms with E-state index in [2.05, 4.69) is 15.3 Å². The summed E-state index contributed by atoms with van der Waals surface area (Å²) in [4.78, 5) is 32.0. The van der Waals surface area contributed by atoms with Crippen LogP contribution in [0.5, 0.6) is 0 Å². The molecule has 0 spiro atoms. The van der Waals surface area contributed by atoms with E-state index in [-0.39, 0.29) is 30.2 Å². The van der Waals surface area contributed by atoms with Crippen LogP contribution in [0.4, 0.5) is 0 Å². The van der Waals surface area contributed by atoms with E-state index in [1.165, 1.54) is 31.0 Å². The highest BCUT2D eigenvalue weighted by Gasteiger charge is 2.26. The third kappa shape index (κ3) is 4.91. The van der Waals surface area contributed by atoms with Gasteiger partial charge in [0.15, 0.2) is 5.17 Å². The Labute approximate surface area is 134 Å². The van der Waals surface area contributed by atoms with Crippen LogP contribution in [0.25, 0.3) is 0 Å². The number of carbonyl (C=O) groups excluding carboxylic acids is 2. The molecule has 1 aliphatic heterocycles. The van der Waals surface area contributed by atoms with Gasteiger partial charge in [0, 0.05) is 18.4 Å². The third-order valence-electron chi connectivity index (χ3n) is 4.00. The van der Waals surface area contributed by atoms with Gasteiger partial charge < -0.3 is 10.4 Å². The van der Waals surface area contributed by atoms with Crippen LogP contribution in [0.2, 0.25) is 0 Å². The van der Waals surface area contributed by atoms with Crippen molar-refractivity contribution in [2.75, 3.05) is 12.4 Å². The van der Waals surface area contributed by atoms with Crippen molar-refractivity contribution in [1.82, 2.24) is 5.32 Å². The molecule has 1 heterocycles. The first-order valence-corrected chi connectivity index (χ1v) is 8.79. The van der Waals surface area contributed by atoms with E-state index < -0.39 is 5.92 Å². The molecule has 122 valence electrons. The van der Waals surface area contributed by atoms with Crippen molar-refractivity contribution in [3.63, 3.8) is 0 Å². The predicted octanol–water partition coefficient (Wildman–Crippen LogP) is 1.52. The second kappa shape index (κ2) is 8.43. The topological polar surface area (TPSA) is 91.1 Å². The highest BCUT2D eigenvalue weighted by Crippen LogP contribution is 2.19. The number of carbonyl (C=O) groups is 2. The Morgan fingerprint density at radius 1 is 1.32 bits per heavy atom. The van der Waals surface area contributed by atoms with Gasteiger partial charge in [0.1, 0.15) is 0 Å². The summed E-state index contributed by atoms with van der Waals surface area (Å²) in [7, 11) is 0. The molecule has 0 saturated heterocycles. The van der Waals surface area contributed by atoms with Crippen LogP contribution in [0.15, 0.2) is 9.98 Å². The van der Waals surface area contributed by atoms with Crippen molar-refractivity contribution in [1.29, 1.82) is 0 Å². The number of aliphatic hydroxyl groups is 1. The molecule has 6 nitrogen and oxygen atoms in total. The van der Waals surface area contributed by atoms with Gasteiger partial charge in [0.05, 0.1) is 11.7 Å². The molecule has 22 heavy (non-hydrogen) atoms. The first-order valence-electron chi connectivity index (χ1n) is 7.81. The summed E-state index contributed by atoms with van der Waals surface area (Å²) in [6.07, 6.45) is 6.05. The summed E-state index contributed by atoms with van der Waals surface area (Å²) >= 11 is 1.19. The van der Waals surface area contributed by atoms with Crippen molar-refractivity contribution in [2.24, 2.45) is 15.9 Å². The Balaban J connectivity index is 1.80. The maximum Gasteiger partial charge on any atom is 0.257 e. The highest BCUT2D eigenvalue weighted by atomic mass is 32.2. The van der Waals surface area contributed by atoms with Crippen LogP contribution in [-0.2, 0) is 9.59 Å². The third-order valence-corrected chi connectivity index (χ3v) is 4.85. The number of amidine groups is 1. The number of thioether (sulfide) groups is 1. The monoisotopic (exact) mass is 325 g/mol. The smallest absolute Gasteiger partial charge is 0.257 e. The van der Waals surface area contributed by atoms with Crippen molar-refractivity contribution in [3.05, 3.63) is 0 Å². The lowest BCUT2D eigenvalue weighted by Gasteiger charge is -2.22. The summed E-state index contributed by atoms with van der Waals surface area (Å²) in [5, 5.41) is 12.3. The number of aliphatic hydroxyl groups excluding tert-OH is 1. The minimum absolute atomic E-state index is 0.0302. The summed E-state index contributed by atoms with van der Waals surface area (Å²) in [5.74, 6) is -0.510. The zero-order chi connectivity index (χ0) is 15.9. The van der Waals surface area contributed by atoms with Gasteiger partial charge in [-0.25, -0.2) is 4.99 Å². The summed E-state index contributed by atoms with van der Waals surface area (Å²) in [6, 6.07) is 0.288. The van der Waals surface area contributed by atoms with Crippen LogP contribution >= 0.6 is 11.8 Å². The predicted molar refractivity (Wildman–Crippen MR) is 88.2 cm³/mol. The Kier molecular flexibility index (Phi) is 6.57. The average Bonchev–Trinajstić information content (AvgIpc) is 2.50. The van der Waals surface area contributed by atoms with Crippen molar-refractivity contribution >= 4 is 34.5 Å². The largest absolute Gasteiger partial charge is 0.396 e. The fraction of sp³-hybridized carbons (Fsp3) is 0.733. The Morgan fingerprint density at radius 2 is 2.05 bits per heavy atom. The second-order valence-electron chi connectivity index (χ2n) is 5.74. The van der Waals surface area contributed by atoms with E-state index in [4.69, 9.17) is 5.11 Å². The van der Waals surface area contributed by atoms with E-state index in [0.717, 1.165) is 12.8 Å². The molecule has 2 amide bonds. The molecule has 0 aromatic carbocycles. The first-order chi connectivity index (χ1) is 10.6. The number of rotatable bonds is 5. The number of nitrogens with zero attached hydrogens (tertiary/aromatic N) is 2. The molecule has 7 heteroatoms. The van der Waals surface area contributed by atoms with E-state index in [0.29, 0.717) is 17.3 Å². The molecule has 0 aromatic rings. The molecule has 2 aliphatic rings. The van der Waals surface area contributed by atoms with Gasteiger partial charge in [0.2, 0.25) is 5.91 Å². The summed E-state index contributed by atoms with van der Waals surface area (Å²) in [5.41, 5.74) is 0.657. The van der Waals surface area contributed by atoms with Crippen LogP contribution in [0, 0.1) is 5.92 Å². The van der Waals surface area contributed by atoms with Crippen LogP contribution in [0.3, 0.4) is 0 Å². The van der Waals surface area contributed by atoms with Gasteiger partial charge in [-0.1, -0.05) is 31.0 Å². The molecule has 1 unspecified atom stereocenters. The van der Waals surface area contributed by atoms with Crippen molar-refractivity contribution < 1.29 is 14.7 Å².